The fourth-order valence-electron chi connectivity index (χ4n) is 2.45. The van der Waals surface area contributed by atoms with E-state index in [2.05, 4.69) is 5.32 Å². The lowest BCUT2D eigenvalue weighted by atomic mass is 10.2. The van der Waals surface area contributed by atoms with Crippen molar-refractivity contribution in [3.8, 4) is 0 Å². The van der Waals surface area contributed by atoms with Gasteiger partial charge < -0.3 is 5.32 Å². The molecule has 2 amide bonds. The summed E-state index contributed by atoms with van der Waals surface area (Å²) in [5.41, 5.74) is 2.84. The molecule has 4 heteroatoms. The van der Waals surface area contributed by atoms with Crippen molar-refractivity contribution in [2.24, 2.45) is 0 Å². The third-order valence-electron chi connectivity index (χ3n) is 3.46. The van der Waals surface area contributed by atoms with Gasteiger partial charge in [-0.05, 0) is 41.8 Å². The zero-order chi connectivity index (χ0) is 14.7. The highest BCUT2D eigenvalue weighted by atomic mass is 19.1. The molecule has 2 aromatic carbocycles. The SMILES string of the molecule is O=C(N/C=C/c1cccc(F)c1)N1CCc2ccccc21. The summed E-state index contributed by atoms with van der Waals surface area (Å²) in [6, 6.07) is 13.9. The summed E-state index contributed by atoms with van der Waals surface area (Å²) in [4.78, 5) is 13.9. The minimum atomic E-state index is -0.294. The number of urea groups is 1. The Balaban J connectivity index is 1.65. The van der Waals surface area contributed by atoms with Gasteiger partial charge in [-0.2, -0.15) is 0 Å². The van der Waals surface area contributed by atoms with E-state index in [1.807, 2.05) is 24.3 Å². The van der Waals surface area contributed by atoms with Gasteiger partial charge in [0.25, 0.3) is 0 Å². The van der Waals surface area contributed by atoms with Crippen LogP contribution in [-0.2, 0) is 6.42 Å². The van der Waals surface area contributed by atoms with Gasteiger partial charge in [-0.25, -0.2) is 9.18 Å². The molecule has 1 aliphatic rings. The van der Waals surface area contributed by atoms with Crippen LogP contribution in [0.25, 0.3) is 6.08 Å². The Hall–Kier alpha value is -2.62. The number of amides is 2. The van der Waals surface area contributed by atoms with E-state index in [1.54, 1.807) is 23.1 Å². The van der Waals surface area contributed by atoms with Crippen molar-refractivity contribution < 1.29 is 9.18 Å². The molecule has 1 aliphatic heterocycles. The molecule has 0 spiro atoms. The van der Waals surface area contributed by atoms with E-state index < -0.39 is 0 Å². The number of halogens is 1. The first-order valence-corrected chi connectivity index (χ1v) is 6.82. The molecule has 2 aromatic rings. The first kappa shape index (κ1) is 13.4. The highest BCUT2D eigenvalue weighted by molar-refractivity contribution is 5.95. The van der Waals surface area contributed by atoms with Gasteiger partial charge in [0, 0.05) is 18.4 Å². The summed E-state index contributed by atoms with van der Waals surface area (Å²) in [5, 5.41) is 2.72. The molecule has 3 nitrogen and oxygen atoms in total. The minimum absolute atomic E-state index is 0.174. The fraction of sp³-hybridized carbons (Fsp3) is 0.118. The number of fused-ring (bicyclic) bond motifs is 1. The van der Waals surface area contributed by atoms with E-state index in [-0.39, 0.29) is 11.8 Å². The van der Waals surface area contributed by atoms with E-state index in [4.69, 9.17) is 0 Å². The Bertz CT molecular complexity index is 697. The van der Waals surface area contributed by atoms with Crippen LogP contribution in [0.15, 0.2) is 54.7 Å². The van der Waals surface area contributed by atoms with Crippen LogP contribution in [-0.4, -0.2) is 12.6 Å². The van der Waals surface area contributed by atoms with Crippen LogP contribution in [0.1, 0.15) is 11.1 Å². The van der Waals surface area contributed by atoms with Gasteiger partial charge in [0.05, 0.1) is 0 Å². The first-order valence-electron chi connectivity index (χ1n) is 6.82. The van der Waals surface area contributed by atoms with Crippen molar-refractivity contribution in [1.29, 1.82) is 0 Å². The number of carbonyl (C=O) groups is 1. The van der Waals surface area contributed by atoms with Crippen LogP contribution in [0.4, 0.5) is 14.9 Å². The van der Waals surface area contributed by atoms with Gasteiger partial charge in [0.15, 0.2) is 0 Å². The normalized spacial score (nSPS) is 13.5. The molecule has 1 heterocycles. The summed E-state index contributed by atoms with van der Waals surface area (Å²) in [6.07, 6.45) is 4.08. The maximum Gasteiger partial charge on any atom is 0.325 e. The van der Waals surface area contributed by atoms with Crippen LogP contribution in [0.5, 0.6) is 0 Å². The molecule has 0 radical (unpaired) electrons. The lowest BCUT2D eigenvalue weighted by Crippen LogP contribution is -2.36. The predicted molar refractivity (Wildman–Crippen MR) is 81.5 cm³/mol. The van der Waals surface area contributed by atoms with Crippen molar-refractivity contribution in [3.63, 3.8) is 0 Å². The summed E-state index contributed by atoms with van der Waals surface area (Å²) < 4.78 is 13.0. The number of anilines is 1. The monoisotopic (exact) mass is 282 g/mol. The average Bonchev–Trinajstić information content (AvgIpc) is 2.91. The molecule has 0 aromatic heterocycles. The average molecular weight is 282 g/mol. The Morgan fingerprint density at radius 1 is 1.19 bits per heavy atom. The molecule has 3 rings (SSSR count). The van der Waals surface area contributed by atoms with Gasteiger partial charge in [-0.3, -0.25) is 4.90 Å². The second-order valence-electron chi connectivity index (χ2n) is 4.87. The number of benzene rings is 2. The maximum absolute atomic E-state index is 13.0. The zero-order valence-corrected chi connectivity index (χ0v) is 11.4. The van der Waals surface area contributed by atoms with Crippen LogP contribution in [0, 0.1) is 5.82 Å². The number of carbonyl (C=O) groups excluding carboxylic acids is 1. The van der Waals surface area contributed by atoms with Crippen molar-refractivity contribution >= 4 is 17.8 Å². The summed E-state index contributed by atoms with van der Waals surface area (Å²) in [7, 11) is 0. The van der Waals surface area contributed by atoms with E-state index in [0.717, 1.165) is 12.1 Å². The molecule has 0 atom stereocenters. The van der Waals surface area contributed by atoms with E-state index in [1.165, 1.54) is 23.9 Å². The molecule has 0 aliphatic carbocycles. The van der Waals surface area contributed by atoms with Gasteiger partial charge in [0.1, 0.15) is 5.82 Å². The summed E-state index contributed by atoms with van der Waals surface area (Å²) >= 11 is 0. The van der Waals surface area contributed by atoms with E-state index in [0.29, 0.717) is 12.1 Å². The fourth-order valence-corrected chi connectivity index (χ4v) is 2.45. The molecule has 0 unspecified atom stereocenters. The standard InChI is InChI=1S/C17H15FN2O/c18-15-6-3-4-13(12-15)8-10-19-17(21)20-11-9-14-5-1-2-7-16(14)20/h1-8,10,12H,9,11H2,(H,19,21)/b10-8+. The van der Waals surface area contributed by atoms with Gasteiger partial charge in [-0.1, -0.05) is 30.3 Å². The Morgan fingerprint density at radius 3 is 2.90 bits per heavy atom. The topological polar surface area (TPSA) is 32.3 Å². The lowest BCUT2D eigenvalue weighted by Gasteiger charge is -2.16. The third kappa shape index (κ3) is 2.94. The number of nitrogens with zero attached hydrogens (tertiary/aromatic N) is 1. The van der Waals surface area contributed by atoms with Crippen molar-refractivity contribution in [2.45, 2.75) is 6.42 Å². The molecule has 1 N–H and O–H groups in total. The minimum Gasteiger partial charge on any atom is -0.314 e. The van der Waals surface area contributed by atoms with Crippen LogP contribution in [0.3, 0.4) is 0 Å². The number of para-hydroxylation sites is 1. The predicted octanol–water partition coefficient (Wildman–Crippen LogP) is 3.57. The third-order valence-corrected chi connectivity index (χ3v) is 3.46. The molecule has 0 saturated heterocycles. The van der Waals surface area contributed by atoms with Crippen molar-refractivity contribution in [3.05, 3.63) is 71.7 Å². The smallest absolute Gasteiger partial charge is 0.314 e. The van der Waals surface area contributed by atoms with Crippen LogP contribution < -0.4 is 10.2 Å². The second-order valence-corrected chi connectivity index (χ2v) is 4.87. The lowest BCUT2D eigenvalue weighted by molar-refractivity contribution is 0.250. The van der Waals surface area contributed by atoms with Crippen molar-refractivity contribution in [1.82, 2.24) is 5.32 Å². The molecular formula is C17H15FN2O. The molecule has 21 heavy (non-hydrogen) atoms. The van der Waals surface area contributed by atoms with Crippen molar-refractivity contribution in [2.75, 3.05) is 11.4 Å². The quantitative estimate of drug-likeness (QED) is 0.897. The van der Waals surface area contributed by atoms with Crippen LogP contribution in [0.2, 0.25) is 0 Å². The molecule has 0 bridgehead atoms. The maximum atomic E-state index is 13.0. The van der Waals surface area contributed by atoms with E-state index in [9.17, 15) is 9.18 Å². The molecule has 0 saturated carbocycles. The zero-order valence-electron chi connectivity index (χ0n) is 11.4. The number of rotatable bonds is 2. The second kappa shape index (κ2) is 5.79. The van der Waals surface area contributed by atoms with Gasteiger partial charge in [0.2, 0.25) is 0 Å². The summed E-state index contributed by atoms with van der Waals surface area (Å²) in [6.45, 7) is 0.680. The number of hydrogen-bond donors (Lipinski definition) is 1. The largest absolute Gasteiger partial charge is 0.325 e. The van der Waals surface area contributed by atoms with Gasteiger partial charge in [-0.15, -0.1) is 0 Å². The molecule has 106 valence electrons. The summed E-state index contributed by atoms with van der Waals surface area (Å²) in [5.74, 6) is -0.294. The first-order chi connectivity index (χ1) is 10.2. The number of nitrogens with one attached hydrogen (secondary N) is 1. The number of hydrogen-bond acceptors (Lipinski definition) is 1. The Labute approximate surface area is 122 Å². The molecule has 0 fully saturated rings. The molecular weight excluding hydrogens is 267 g/mol. The van der Waals surface area contributed by atoms with Gasteiger partial charge >= 0.3 is 6.03 Å². The Kier molecular flexibility index (Phi) is 3.69. The highest BCUT2D eigenvalue weighted by Gasteiger charge is 2.23. The van der Waals surface area contributed by atoms with E-state index >= 15 is 0 Å². The Morgan fingerprint density at radius 2 is 2.05 bits per heavy atom. The highest BCUT2D eigenvalue weighted by Crippen LogP contribution is 2.27. The van der Waals surface area contributed by atoms with Crippen LogP contribution >= 0.6 is 0 Å².